The van der Waals surface area contributed by atoms with Crippen LogP contribution in [0.4, 0.5) is 5.00 Å². The molecular formula is C14H13BrN2O4S. The third kappa shape index (κ3) is 3.63. The fourth-order valence-corrected chi connectivity index (χ4v) is 3.15. The molecule has 0 unspecified atom stereocenters. The van der Waals surface area contributed by atoms with Crippen LogP contribution in [-0.2, 0) is 6.54 Å². The molecule has 2 aromatic rings. The van der Waals surface area contributed by atoms with E-state index in [1.807, 2.05) is 18.2 Å². The van der Waals surface area contributed by atoms with Gasteiger partial charge in [0.1, 0.15) is 5.75 Å². The SMILES string of the molecule is COc1ccc(Br)cc1CN(C)C(=O)c1ccc([N+](=O)[O-])s1. The third-order valence-corrected chi connectivity index (χ3v) is 4.50. The van der Waals surface area contributed by atoms with Gasteiger partial charge in [0.2, 0.25) is 0 Å². The van der Waals surface area contributed by atoms with Crippen LogP contribution in [0.2, 0.25) is 0 Å². The number of nitrogens with zero attached hydrogens (tertiary/aromatic N) is 2. The highest BCUT2D eigenvalue weighted by Gasteiger charge is 2.19. The minimum absolute atomic E-state index is 0.0446. The van der Waals surface area contributed by atoms with Gasteiger partial charge in [0.25, 0.3) is 5.91 Å². The third-order valence-electron chi connectivity index (χ3n) is 2.98. The summed E-state index contributed by atoms with van der Waals surface area (Å²) in [7, 11) is 3.21. The number of hydrogen-bond donors (Lipinski definition) is 0. The van der Waals surface area contributed by atoms with Gasteiger partial charge in [-0.2, -0.15) is 0 Å². The van der Waals surface area contributed by atoms with Crippen molar-refractivity contribution in [2.45, 2.75) is 6.54 Å². The van der Waals surface area contributed by atoms with E-state index < -0.39 is 4.92 Å². The van der Waals surface area contributed by atoms with Crippen molar-refractivity contribution in [1.82, 2.24) is 4.90 Å². The molecule has 0 radical (unpaired) electrons. The van der Waals surface area contributed by atoms with E-state index in [1.165, 1.54) is 17.0 Å². The van der Waals surface area contributed by atoms with Crippen molar-refractivity contribution in [3.05, 3.63) is 55.4 Å². The van der Waals surface area contributed by atoms with Crippen molar-refractivity contribution >= 4 is 38.2 Å². The molecule has 0 saturated carbocycles. The standard InChI is InChI=1S/C14H13BrN2O4S/c1-16(8-9-7-10(15)3-4-11(9)21-2)14(18)12-5-6-13(22-12)17(19)20/h3-7H,8H2,1-2H3. The number of rotatable bonds is 5. The van der Waals surface area contributed by atoms with Gasteiger partial charge in [-0.3, -0.25) is 14.9 Å². The van der Waals surface area contributed by atoms with Gasteiger partial charge in [-0.05, 0) is 24.3 Å². The van der Waals surface area contributed by atoms with E-state index in [0.29, 0.717) is 17.2 Å². The highest BCUT2D eigenvalue weighted by atomic mass is 79.9. The number of nitro groups is 1. The van der Waals surface area contributed by atoms with Crippen LogP contribution in [-0.4, -0.2) is 29.9 Å². The van der Waals surface area contributed by atoms with Crippen molar-refractivity contribution in [3.8, 4) is 5.75 Å². The van der Waals surface area contributed by atoms with Crippen LogP contribution in [0.5, 0.6) is 5.75 Å². The van der Waals surface area contributed by atoms with Gasteiger partial charge in [0.15, 0.2) is 0 Å². The van der Waals surface area contributed by atoms with Crippen LogP contribution in [0.1, 0.15) is 15.2 Å². The Bertz CT molecular complexity index is 717. The maximum absolute atomic E-state index is 12.3. The molecule has 1 aromatic carbocycles. The van der Waals surface area contributed by atoms with E-state index in [-0.39, 0.29) is 10.9 Å². The zero-order valence-electron chi connectivity index (χ0n) is 11.9. The summed E-state index contributed by atoms with van der Waals surface area (Å²) in [5.41, 5.74) is 0.846. The van der Waals surface area contributed by atoms with Crippen LogP contribution in [0.25, 0.3) is 0 Å². The largest absolute Gasteiger partial charge is 0.496 e. The molecule has 0 saturated heterocycles. The molecule has 2 rings (SSSR count). The van der Waals surface area contributed by atoms with Crippen LogP contribution in [0.3, 0.4) is 0 Å². The van der Waals surface area contributed by atoms with E-state index in [0.717, 1.165) is 21.4 Å². The molecule has 8 heteroatoms. The number of carbonyl (C=O) groups is 1. The molecule has 1 amide bonds. The summed E-state index contributed by atoms with van der Waals surface area (Å²) in [5, 5.41) is 10.6. The van der Waals surface area contributed by atoms with Crippen LogP contribution < -0.4 is 4.74 Å². The predicted octanol–water partition coefficient (Wildman–Crippen LogP) is 3.70. The first kappa shape index (κ1) is 16.4. The Balaban J connectivity index is 2.17. The first-order valence-electron chi connectivity index (χ1n) is 6.24. The Morgan fingerprint density at radius 3 is 2.73 bits per heavy atom. The summed E-state index contributed by atoms with van der Waals surface area (Å²) in [6.07, 6.45) is 0. The van der Waals surface area contributed by atoms with E-state index in [2.05, 4.69) is 15.9 Å². The molecule has 0 aliphatic rings. The molecule has 1 heterocycles. The lowest BCUT2D eigenvalue weighted by Gasteiger charge is -2.18. The van der Waals surface area contributed by atoms with Crippen molar-refractivity contribution in [2.24, 2.45) is 0 Å². The fourth-order valence-electron chi connectivity index (χ4n) is 1.93. The second-order valence-electron chi connectivity index (χ2n) is 4.51. The first-order valence-corrected chi connectivity index (χ1v) is 7.85. The molecule has 0 atom stereocenters. The van der Waals surface area contributed by atoms with E-state index in [9.17, 15) is 14.9 Å². The summed E-state index contributed by atoms with van der Waals surface area (Å²) in [4.78, 5) is 24.4. The van der Waals surface area contributed by atoms with Gasteiger partial charge < -0.3 is 9.64 Å². The van der Waals surface area contributed by atoms with Crippen molar-refractivity contribution in [2.75, 3.05) is 14.2 Å². The zero-order chi connectivity index (χ0) is 16.3. The number of carbonyl (C=O) groups excluding carboxylic acids is 1. The Labute approximate surface area is 139 Å². The normalized spacial score (nSPS) is 10.3. The molecule has 116 valence electrons. The number of amides is 1. The highest BCUT2D eigenvalue weighted by molar-refractivity contribution is 9.10. The molecule has 0 spiro atoms. The van der Waals surface area contributed by atoms with Crippen LogP contribution >= 0.6 is 27.3 Å². The minimum Gasteiger partial charge on any atom is -0.496 e. The van der Waals surface area contributed by atoms with Gasteiger partial charge in [-0.25, -0.2) is 0 Å². The van der Waals surface area contributed by atoms with Crippen molar-refractivity contribution < 1.29 is 14.5 Å². The summed E-state index contributed by atoms with van der Waals surface area (Å²) in [6.45, 7) is 0.340. The summed E-state index contributed by atoms with van der Waals surface area (Å²) in [5.74, 6) is 0.417. The smallest absolute Gasteiger partial charge is 0.324 e. The number of halogens is 1. The molecule has 0 aliphatic heterocycles. The summed E-state index contributed by atoms with van der Waals surface area (Å²) in [6, 6.07) is 8.35. The lowest BCUT2D eigenvalue weighted by Crippen LogP contribution is -2.25. The molecule has 22 heavy (non-hydrogen) atoms. The van der Waals surface area contributed by atoms with Gasteiger partial charge in [0.05, 0.1) is 16.9 Å². The van der Waals surface area contributed by atoms with E-state index in [4.69, 9.17) is 4.74 Å². The zero-order valence-corrected chi connectivity index (χ0v) is 14.3. The molecule has 0 N–H and O–H groups in total. The predicted molar refractivity (Wildman–Crippen MR) is 87.5 cm³/mol. The number of ether oxygens (including phenoxy) is 1. The minimum atomic E-state index is -0.501. The second-order valence-corrected chi connectivity index (χ2v) is 6.49. The van der Waals surface area contributed by atoms with Crippen LogP contribution in [0, 0.1) is 10.1 Å². The van der Waals surface area contributed by atoms with Gasteiger partial charge in [0, 0.05) is 29.7 Å². The van der Waals surface area contributed by atoms with E-state index in [1.54, 1.807) is 14.2 Å². The van der Waals surface area contributed by atoms with E-state index >= 15 is 0 Å². The molecule has 0 bridgehead atoms. The van der Waals surface area contributed by atoms with Gasteiger partial charge in [-0.1, -0.05) is 27.3 Å². The van der Waals surface area contributed by atoms with Gasteiger partial charge in [-0.15, -0.1) is 0 Å². The lowest BCUT2D eigenvalue weighted by atomic mass is 10.2. The first-order chi connectivity index (χ1) is 10.4. The van der Waals surface area contributed by atoms with Crippen LogP contribution in [0.15, 0.2) is 34.8 Å². The average Bonchev–Trinajstić information content (AvgIpc) is 2.96. The van der Waals surface area contributed by atoms with Gasteiger partial charge >= 0.3 is 5.00 Å². The number of benzene rings is 1. The quantitative estimate of drug-likeness (QED) is 0.581. The fraction of sp³-hybridized carbons (Fsp3) is 0.214. The number of thiophene rings is 1. The van der Waals surface area contributed by atoms with Crippen molar-refractivity contribution in [3.63, 3.8) is 0 Å². The molecule has 0 aliphatic carbocycles. The monoisotopic (exact) mass is 384 g/mol. The molecule has 6 nitrogen and oxygen atoms in total. The Hall–Kier alpha value is -1.93. The number of methoxy groups -OCH3 is 1. The van der Waals surface area contributed by atoms with Crippen molar-refractivity contribution in [1.29, 1.82) is 0 Å². The molecular weight excluding hydrogens is 372 g/mol. The summed E-state index contributed by atoms with van der Waals surface area (Å²) >= 11 is 4.26. The number of hydrogen-bond acceptors (Lipinski definition) is 5. The lowest BCUT2D eigenvalue weighted by molar-refractivity contribution is -0.380. The average molecular weight is 385 g/mol. The Kier molecular flexibility index (Phi) is 5.15. The maximum atomic E-state index is 12.3. The second kappa shape index (κ2) is 6.89. The Morgan fingerprint density at radius 1 is 1.41 bits per heavy atom. The Morgan fingerprint density at radius 2 is 2.14 bits per heavy atom. The summed E-state index contributed by atoms with van der Waals surface area (Å²) < 4.78 is 6.16. The topological polar surface area (TPSA) is 72.7 Å². The molecule has 0 fully saturated rings. The highest BCUT2D eigenvalue weighted by Crippen LogP contribution is 2.27. The molecule has 1 aromatic heterocycles. The maximum Gasteiger partial charge on any atom is 0.324 e.